The van der Waals surface area contributed by atoms with E-state index in [0.717, 1.165) is 24.8 Å². The lowest BCUT2D eigenvalue weighted by Gasteiger charge is -2.51. The van der Waals surface area contributed by atoms with E-state index in [1.54, 1.807) is 21.1 Å². The van der Waals surface area contributed by atoms with Crippen molar-refractivity contribution in [1.82, 2.24) is 0 Å². The smallest absolute Gasteiger partial charge is 0.314 e. The molecule has 2 heterocycles. The van der Waals surface area contributed by atoms with Gasteiger partial charge in [0.05, 0.1) is 18.3 Å². The number of carbonyl (C=O) groups is 1. The average Bonchev–Trinajstić information content (AvgIpc) is 2.90. The predicted molar refractivity (Wildman–Crippen MR) is 139 cm³/mol. The first kappa shape index (κ1) is 29.7. The summed E-state index contributed by atoms with van der Waals surface area (Å²) in [7, 11) is 4.72. The molecule has 2 N–H and O–H groups in total. The second-order valence-electron chi connectivity index (χ2n) is 10.4. The van der Waals surface area contributed by atoms with Crippen LogP contribution in [0.15, 0.2) is 42.5 Å². The lowest BCUT2D eigenvalue weighted by molar-refractivity contribution is -0.360. The van der Waals surface area contributed by atoms with Gasteiger partial charge in [-0.05, 0) is 31.7 Å². The Morgan fingerprint density at radius 3 is 2.24 bits per heavy atom. The summed E-state index contributed by atoms with van der Waals surface area (Å²) in [4.78, 5) is 13.5. The number of benzene rings is 1. The third-order valence-electron chi connectivity index (χ3n) is 8.03. The van der Waals surface area contributed by atoms with Crippen molar-refractivity contribution >= 4 is 5.97 Å². The maximum Gasteiger partial charge on any atom is 0.314 e. The minimum Gasteiger partial charge on any atom is -0.457 e. The summed E-state index contributed by atoms with van der Waals surface area (Å²) in [6, 6.07) is 9.58. The molecule has 2 bridgehead atoms. The van der Waals surface area contributed by atoms with Crippen LogP contribution in [0.2, 0.25) is 0 Å². The van der Waals surface area contributed by atoms with E-state index in [2.05, 4.69) is 0 Å². The number of esters is 1. The number of ether oxygens (including phenoxy) is 5. The monoisotopic (exact) mass is 520 g/mol. The number of aliphatic hydroxyl groups is 2. The average molecular weight is 521 g/mol. The molecular weight excluding hydrogens is 476 g/mol. The molecular formula is C29H44O8. The van der Waals surface area contributed by atoms with E-state index in [9.17, 15) is 15.0 Å². The first-order chi connectivity index (χ1) is 17.7. The van der Waals surface area contributed by atoms with E-state index in [4.69, 9.17) is 23.7 Å². The van der Waals surface area contributed by atoms with Crippen LogP contribution in [0.3, 0.4) is 0 Å². The summed E-state index contributed by atoms with van der Waals surface area (Å²) >= 11 is 0. The van der Waals surface area contributed by atoms with Crippen molar-refractivity contribution in [2.24, 2.45) is 17.8 Å². The molecule has 0 amide bonds. The molecule has 0 aliphatic carbocycles. The van der Waals surface area contributed by atoms with Crippen molar-refractivity contribution in [1.29, 1.82) is 0 Å². The molecule has 8 heteroatoms. The molecule has 37 heavy (non-hydrogen) atoms. The van der Waals surface area contributed by atoms with Crippen molar-refractivity contribution in [2.45, 2.75) is 88.9 Å². The molecule has 0 spiro atoms. The lowest BCUT2D eigenvalue weighted by Crippen LogP contribution is -2.66. The van der Waals surface area contributed by atoms with Crippen molar-refractivity contribution in [3.63, 3.8) is 0 Å². The van der Waals surface area contributed by atoms with E-state index < -0.39 is 42.1 Å². The first-order valence-corrected chi connectivity index (χ1v) is 13.3. The highest BCUT2D eigenvalue weighted by Gasteiger charge is 2.58. The summed E-state index contributed by atoms with van der Waals surface area (Å²) in [6.07, 6.45) is 3.29. The van der Waals surface area contributed by atoms with Gasteiger partial charge in [-0.2, -0.15) is 0 Å². The number of cyclic esters (lactones) is 1. The molecule has 1 aromatic rings. The molecule has 208 valence electrons. The van der Waals surface area contributed by atoms with E-state index in [0.29, 0.717) is 6.42 Å². The van der Waals surface area contributed by atoms with E-state index >= 15 is 0 Å². The van der Waals surface area contributed by atoms with Gasteiger partial charge in [0.15, 0.2) is 0 Å². The zero-order chi connectivity index (χ0) is 27.2. The van der Waals surface area contributed by atoms with Gasteiger partial charge in [0.25, 0.3) is 0 Å². The van der Waals surface area contributed by atoms with Crippen LogP contribution in [0, 0.1) is 17.8 Å². The SMILES string of the molecule is CO[C@H]1CCCC[C@@H](c2ccccc2)OC(=O)[C@@H](C)[C@]2(O)O[C@@H]([C@H](C)[C@H](O)[C@H]2OC)[C@@H](C)/C=C/[C@H]1OC. The molecule has 0 aromatic heterocycles. The molecule has 1 saturated heterocycles. The molecule has 0 radical (unpaired) electrons. The van der Waals surface area contributed by atoms with Crippen molar-refractivity contribution < 1.29 is 38.7 Å². The number of hydrogen-bond acceptors (Lipinski definition) is 8. The number of rotatable bonds is 4. The lowest BCUT2D eigenvalue weighted by atomic mass is 9.78. The quantitative estimate of drug-likeness (QED) is 0.456. The molecule has 1 aromatic carbocycles. The summed E-state index contributed by atoms with van der Waals surface area (Å²) in [5, 5.41) is 22.9. The van der Waals surface area contributed by atoms with Gasteiger partial charge in [0.1, 0.15) is 24.2 Å². The van der Waals surface area contributed by atoms with E-state index in [1.165, 1.54) is 7.11 Å². The molecule has 2 aliphatic rings. The third-order valence-corrected chi connectivity index (χ3v) is 8.03. The third kappa shape index (κ3) is 6.61. The zero-order valence-corrected chi connectivity index (χ0v) is 22.9. The number of methoxy groups -OCH3 is 3. The van der Waals surface area contributed by atoms with Gasteiger partial charge in [0, 0.05) is 33.2 Å². The second-order valence-corrected chi connectivity index (χ2v) is 10.4. The predicted octanol–water partition coefficient (Wildman–Crippen LogP) is 3.80. The highest BCUT2D eigenvalue weighted by atomic mass is 16.7. The van der Waals surface area contributed by atoms with Crippen LogP contribution in [-0.2, 0) is 28.5 Å². The Morgan fingerprint density at radius 1 is 0.946 bits per heavy atom. The topological polar surface area (TPSA) is 104 Å². The van der Waals surface area contributed by atoms with Crippen LogP contribution in [0.25, 0.3) is 0 Å². The van der Waals surface area contributed by atoms with Gasteiger partial charge >= 0.3 is 5.97 Å². The van der Waals surface area contributed by atoms with Crippen molar-refractivity contribution in [3.05, 3.63) is 48.0 Å². The van der Waals surface area contributed by atoms with Crippen LogP contribution in [0.1, 0.15) is 58.1 Å². The number of fused-ring (bicyclic) bond motifs is 2. The Labute approximate surface area is 220 Å². The Morgan fingerprint density at radius 2 is 1.62 bits per heavy atom. The van der Waals surface area contributed by atoms with Crippen LogP contribution in [0.5, 0.6) is 0 Å². The van der Waals surface area contributed by atoms with E-state index in [-0.39, 0.29) is 24.0 Å². The highest BCUT2D eigenvalue weighted by molar-refractivity contribution is 5.73. The number of aliphatic hydroxyl groups excluding tert-OH is 1. The first-order valence-electron chi connectivity index (χ1n) is 13.3. The Kier molecular flexibility index (Phi) is 10.7. The summed E-state index contributed by atoms with van der Waals surface area (Å²) in [5.41, 5.74) is 0.880. The van der Waals surface area contributed by atoms with Gasteiger partial charge < -0.3 is 33.9 Å². The second kappa shape index (κ2) is 13.3. The van der Waals surface area contributed by atoms with Crippen LogP contribution >= 0.6 is 0 Å². The molecule has 0 saturated carbocycles. The fraction of sp³-hybridized carbons (Fsp3) is 0.690. The number of hydrogen-bond donors (Lipinski definition) is 2. The summed E-state index contributed by atoms with van der Waals surface area (Å²) in [5.74, 6) is -4.38. The maximum absolute atomic E-state index is 13.5. The van der Waals surface area contributed by atoms with Gasteiger partial charge in [-0.25, -0.2) is 0 Å². The summed E-state index contributed by atoms with van der Waals surface area (Å²) in [6.45, 7) is 5.36. The Bertz CT molecular complexity index is 876. The maximum atomic E-state index is 13.5. The molecule has 2 aliphatic heterocycles. The van der Waals surface area contributed by atoms with Gasteiger partial charge in [-0.3, -0.25) is 4.79 Å². The van der Waals surface area contributed by atoms with Gasteiger partial charge in [-0.1, -0.05) is 62.8 Å². The Hall–Kier alpha value is -1.81. The van der Waals surface area contributed by atoms with Crippen LogP contribution in [-0.4, -0.2) is 73.8 Å². The number of carbonyl (C=O) groups excluding carboxylic acids is 1. The fourth-order valence-electron chi connectivity index (χ4n) is 5.56. The minimum atomic E-state index is -2.08. The van der Waals surface area contributed by atoms with Gasteiger partial charge in [-0.15, -0.1) is 0 Å². The fourth-order valence-corrected chi connectivity index (χ4v) is 5.56. The molecule has 3 rings (SSSR count). The van der Waals surface area contributed by atoms with Crippen LogP contribution in [0.4, 0.5) is 0 Å². The molecule has 10 atom stereocenters. The zero-order valence-electron chi connectivity index (χ0n) is 22.9. The highest BCUT2D eigenvalue weighted by Crippen LogP contribution is 2.42. The van der Waals surface area contributed by atoms with Gasteiger partial charge in [0.2, 0.25) is 5.79 Å². The minimum absolute atomic E-state index is 0.149. The Balaban J connectivity index is 2.01. The molecule has 1 fully saturated rings. The van der Waals surface area contributed by atoms with Crippen molar-refractivity contribution in [3.8, 4) is 0 Å². The molecule has 8 nitrogen and oxygen atoms in total. The van der Waals surface area contributed by atoms with Crippen molar-refractivity contribution in [2.75, 3.05) is 21.3 Å². The molecule has 0 unspecified atom stereocenters. The van der Waals surface area contributed by atoms with Crippen LogP contribution < -0.4 is 0 Å². The normalized spacial score (nSPS) is 41.1. The van der Waals surface area contributed by atoms with E-state index in [1.807, 2.05) is 56.3 Å². The largest absolute Gasteiger partial charge is 0.457 e. The standard InChI is InChI=1S/C29H44O8/c1-18-16-17-24(34-5)23(33-4)15-11-10-14-22(21-12-8-7-9-13-21)36-28(31)20(3)29(32)27(35-6)25(30)19(2)26(18)37-29/h7-9,12-13,16-20,22-27,30,32H,10-11,14-15H2,1-6H3/b17-16+/t18-,19+,20+,22-,23-,24+,25-,26+,27+,29-/m0/s1. The summed E-state index contributed by atoms with van der Waals surface area (Å²) < 4.78 is 29.3.